The lowest BCUT2D eigenvalue weighted by atomic mass is 10.0. The highest BCUT2D eigenvalue weighted by molar-refractivity contribution is 5.77. The smallest absolute Gasteiger partial charge is 0.244 e. The molecule has 0 aliphatic heterocycles. The van der Waals surface area contributed by atoms with Crippen molar-refractivity contribution in [3.05, 3.63) is 29.8 Å². The lowest BCUT2D eigenvalue weighted by Gasteiger charge is -2.22. The summed E-state index contributed by atoms with van der Waals surface area (Å²) in [5, 5.41) is 15.0. The molecule has 1 atom stereocenters. The number of amides is 1. The van der Waals surface area contributed by atoms with Gasteiger partial charge in [0.1, 0.15) is 6.54 Å². The fourth-order valence-electron chi connectivity index (χ4n) is 1.94. The third-order valence-corrected chi connectivity index (χ3v) is 3.56. The van der Waals surface area contributed by atoms with Gasteiger partial charge in [0.15, 0.2) is 0 Å². The Bertz CT molecular complexity index is 715. The molecule has 6 nitrogen and oxygen atoms in total. The van der Waals surface area contributed by atoms with Crippen molar-refractivity contribution >= 4 is 5.91 Å². The first-order valence-electron chi connectivity index (χ1n) is 7.10. The fourth-order valence-corrected chi connectivity index (χ4v) is 1.94. The highest BCUT2D eigenvalue weighted by Crippen LogP contribution is 2.17. The van der Waals surface area contributed by atoms with Crippen molar-refractivity contribution in [1.82, 2.24) is 25.5 Å². The predicted octanol–water partition coefficient (Wildman–Crippen LogP) is 1.57. The maximum Gasteiger partial charge on any atom is 0.244 e. The molecule has 0 fully saturated rings. The van der Waals surface area contributed by atoms with Gasteiger partial charge in [-0.25, -0.2) is 0 Å². The second-order valence-corrected chi connectivity index (χ2v) is 5.34. The van der Waals surface area contributed by atoms with Crippen LogP contribution in [0.3, 0.4) is 0 Å². The molecule has 2 rings (SSSR count). The Morgan fingerprint density at radius 2 is 2.18 bits per heavy atom. The van der Waals surface area contributed by atoms with Crippen molar-refractivity contribution in [2.45, 2.75) is 39.3 Å². The van der Waals surface area contributed by atoms with Crippen molar-refractivity contribution < 1.29 is 4.79 Å². The minimum atomic E-state index is -0.656. The van der Waals surface area contributed by atoms with Crippen LogP contribution in [0.25, 0.3) is 11.4 Å². The summed E-state index contributed by atoms with van der Waals surface area (Å²) < 4.78 is 0. The molecule has 0 aliphatic carbocycles. The first kappa shape index (κ1) is 15.7. The van der Waals surface area contributed by atoms with Crippen LogP contribution in [0.2, 0.25) is 0 Å². The maximum atomic E-state index is 12.0. The van der Waals surface area contributed by atoms with Gasteiger partial charge in [-0.2, -0.15) is 4.80 Å². The van der Waals surface area contributed by atoms with Crippen LogP contribution in [0.1, 0.15) is 25.8 Å². The number of benzene rings is 1. The molecule has 1 heterocycles. The molecule has 0 radical (unpaired) electrons. The van der Waals surface area contributed by atoms with Crippen LogP contribution in [0.4, 0.5) is 0 Å². The fraction of sp³-hybridized carbons (Fsp3) is 0.375. The Labute approximate surface area is 129 Å². The molecule has 22 heavy (non-hydrogen) atoms. The minimum Gasteiger partial charge on any atom is -0.338 e. The Morgan fingerprint density at radius 1 is 1.45 bits per heavy atom. The Hall–Kier alpha value is -2.68. The summed E-state index contributed by atoms with van der Waals surface area (Å²) in [5.41, 5.74) is 1.30. The van der Waals surface area contributed by atoms with E-state index < -0.39 is 5.54 Å². The van der Waals surface area contributed by atoms with Crippen LogP contribution in [0.15, 0.2) is 24.3 Å². The molecule has 2 aromatic rings. The van der Waals surface area contributed by atoms with Crippen LogP contribution in [-0.2, 0) is 11.3 Å². The number of tetrazole rings is 1. The number of rotatable bonds is 5. The van der Waals surface area contributed by atoms with E-state index in [0.29, 0.717) is 12.2 Å². The van der Waals surface area contributed by atoms with Gasteiger partial charge in [-0.1, -0.05) is 37.1 Å². The summed E-state index contributed by atoms with van der Waals surface area (Å²) in [5.74, 6) is 2.85. The van der Waals surface area contributed by atoms with E-state index in [9.17, 15) is 4.79 Å². The number of carbonyl (C=O) groups is 1. The molecule has 0 aliphatic rings. The third-order valence-electron chi connectivity index (χ3n) is 3.56. The Balaban J connectivity index is 2.09. The first-order chi connectivity index (χ1) is 10.5. The molecular weight excluding hydrogens is 278 g/mol. The van der Waals surface area contributed by atoms with Gasteiger partial charge in [-0.15, -0.1) is 16.6 Å². The number of hydrogen-bond donors (Lipinski definition) is 1. The van der Waals surface area contributed by atoms with E-state index in [1.165, 1.54) is 4.80 Å². The second-order valence-electron chi connectivity index (χ2n) is 5.34. The third kappa shape index (κ3) is 3.50. The number of carbonyl (C=O) groups excluding carboxylic acids is 1. The highest BCUT2D eigenvalue weighted by Gasteiger charge is 2.21. The van der Waals surface area contributed by atoms with Crippen molar-refractivity contribution in [3.63, 3.8) is 0 Å². The zero-order chi connectivity index (χ0) is 16.2. The van der Waals surface area contributed by atoms with Gasteiger partial charge in [0.25, 0.3) is 0 Å². The molecule has 6 heteroatoms. The summed E-state index contributed by atoms with van der Waals surface area (Å²) in [6.07, 6.45) is 6.09. The van der Waals surface area contributed by atoms with Gasteiger partial charge in [0, 0.05) is 5.56 Å². The summed E-state index contributed by atoms with van der Waals surface area (Å²) in [6, 6.07) is 7.75. The molecule has 1 unspecified atom stereocenters. The first-order valence-corrected chi connectivity index (χ1v) is 7.10. The number of aromatic nitrogens is 4. The average molecular weight is 297 g/mol. The molecular formula is C16H19N5O. The average Bonchev–Trinajstić information content (AvgIpc) is 2.95. The van der Waals surface area contributed by atoms with E-state index in [0.717, 1.165) is 11.1 Å². The number of hydrogen-bond acceptors (Lipinski definition) is 4. The topological polar surface area (TPSA) is 72.7 Å². The molecule has 1 aromatic heterocycles. The van der Waals surface area contributed by atoms with Crippen LogP contribution >= 0.6 is 0 Å². The highest BCUT2D eigenvalue weighted by atomic mass is 16.2. The van der Waals surface area contributed by atoms with E-state index in [-0.39, 0.29) is 12.5 Å². The van der Waals surface area contributed by atoms with Crippen LogP contribution < -0.4 is 5.32 Å². The normalized spacial score (nSPS) is 13.2. The van der Waals surface area contributed by atoms with Crippen LogP contribution in [0.5, 0.6) is 0 Å². The van der Waals surface area contributed by atoms with Gasteiger partial charge in [0.05, 0.1) is 5.54 Å². The predicted molar refractivity (Wildman–Crippen MR) is 83.7 cm³/mol. The minimum absolute atomic E-state index is 0.0177. The van der Waals surface area contributed by atoms with Crippen molar-refractivity contribution in [1.29, 1.82) is 0 Å². The van der Waals surface area contributed by atoms with Gasteiger partial charge >= 0.3 is 0 Å². The lowest BCUT2D eigenvalue weighted by Crippen LogP contribution is -2.45. The second kappa shape index (κ2) is 6.39. The molecule has 0 spiro atoms. The quantitative estimate of drug-likeness (QED) is 0.850. The molecule has 0 saturated heterocycles. The summed E-state index contributed by atoms with van der Waals surface area (Å²) in [7, 11) is 0. The summed E-state index contributed by atoms with van der Waals surface area (Å²) in [6.45, 7) is 5.68. The Kier molecular flexibility index (Phi) is 4.56. The van der Waals surface area contributed by atoms with Crippen LogP contribution in [0, 0.1) is 19.3 Å². The largest absolute Gasteiger partial charge is 0.338 e. The van der Waals surface area contributed by atoms with Gasteiger partial charge in [0.2, 0.25) is 11.7 Å². The standard InChI is InChI=1S/C16H19N5O/c1-5-16(4,6-2)17-14(22)11-21-19-15(18-20-21)13-10-8-7-9-12(13)3/h1,7-10H,6,11H2,2-4H3,(H,17,22). The Morgan fingerprint density at radius 3 is 2.82 bits per heavy atom. The van der Waals surface area contributed by atoms with Crippen LogP contribution in [-0.4, -0.2) is 31.7 Å². The molecule has 1 aromatic carbocycles. The number of terminal acetylenes is 1. The van der Waals surface area contributed by atoms with E-state index in [4.69, 9.17) is 6.42 Å². The monoisotopic (exact) mass is 297 g/mol. The van der Waals surface area contributed by atoms with Crippen molar-refractivity contribution in [2.24, 2.45) is 0 Å². The molecule has 0 bridgehead atoms. The summed E-state index contributed by atoms with van der Waals surface area (Å²) >= 11 is 0. The lowest BCUT2D eigenvalue weighted by molar-refractivity contribution is -0.123. The summed E-state index contributed by atoms with van der Waals surface area (Å²) in [4.78, 5) is 13.3. The number of aryl methyl sites for hydroxylation is 1. The van der Waals surface area contributed by atoms with E-state index in [1.54, 1.807) is 6.92 Å². The SMILES string of the molecule is C#CC(C)(CC)NC(=O)Cn1nnc(-c2ccccc2C)n1. The van der Waals surface area contributed by atoms with E-state index >= 15 is 0 Å². The maximum absolute atomic E-state index is 12.0. The van der Waals surface area contributed by atoms with Gasteiger partial charge in [-0.05, 0) is 31.0 Å². The zero-order valence-corrected chi connectivity index (χ0v) is 13.0. The molecule has 1 amide bonds. The van der Waals surface area contributed by atoms with Gasteiger partial charge < -0.3 is 5.32 Å². The number of nitrogens with zero attached hydrogens (tertiary/aromatic N) is 4. The molecule has 0 saturated carbocycles. The zero-order valence-electron chi connectivity index (χ0n) is 13.0. The van der Waals surface area contributed by atoms with Gasteiger partial charge in [-0.3, -0.25) is 4.79 Å². The molecule has 114 valence electrons. The van der Waals surface area contributed by atoms with E-state index in [1.807, 2.05) is 38.1 Å². The van der Waals surface area contributed by atoms with E-state index in [2.05, 4.69) is 26.6 Å². The van der Waals surface area contributed by atoms with Crippen molar-refractivity contribution in [2.75, 3.05) is 0 Å². The number of nitrogens with one attached hydrogen (secondary N) is 1. The van der Waals surface area contributed by atoms with Crippen molar-refractivity contribution in [3.8, 4) is 23.7 Å². The molecule has 1 N–H and O–H groups in total.